The van der Waals surface area contributed by atoms with Gasteiger partial charge in [-0.15, -0.1) is 4.90 Å². The topological polar surface area (TPSA) is 40.5 Å². The van der Waals surface area contributed by atoms with Crippen molar-refractivity contribution >= 4 is 57.4 Å². The zero-order valence-electron chi connectivity index (χ0n) is 10.3. The van der Waals surface area contributed by atoms with Crippen LogP contribution in [0, 0.1) is 0 Å². The zero-order valence-corrected chi connectivity index (χ0v) is 13.5. The molecule has 1 aliphatic heterocycles. The number of carbonyl (C=O) groups is 1. The molecule has 16 heteroatoms. The maximum Gasteiger partial charge on any atom is 0.419 e. The molecule has 131 valence electrons. The molecular formula is C7HF12KNO2. The van der Waals surface area contributed by atoms with Crippen LogP contribution in [0.25, 0.3) is 0 Å². The van der Waals surface area contributed by atoms with Crippen molar-refractivity contribution in [2.24, 2.45) is 0 Å². The van der Waals surface area contributed by atoms with Crippen LogP contribution in [0.5, 0.6) is 0 Å². The summed E-state index contributed by atoms with van der Waals surface area (Å²) in [7, 11) is 0. The summed E-state index contributed by atoms with van der Waals surface area (Å²) in [4.78, 5) is 6.07. The standard InChI is InChI=1S/C7HF12NO2.K/c8-2(9,1(21)22)5(14,15)20-6(16,17)3(10,11)4(12,13)7(20,18)19;/h(H,21,22);. The smallest absolute Gasteiger partial charge is 0.419 e. The fourth-order valence-electron chi connectivity index (χ4n) is 1.46. The molecule has 1 saturated heterocycles. The number of hydrogen-bond acceptors (Lipinski definition) is 2. The molecule has 1 aliphatic rings. The van der Waals surface area contributed by atoms with Gasteiger partial charge in [-0.3, -0.25) is 0 Å². The van der Waals surface area contributed by atoms with Crippen molar-refractivity contribution < 1.29 is 62.6 Å². The molecule has 0 aromatic rings. The van der Waals surface area contributed by atoms with Crippen LogP contribution in [0.1, 0.15) is 0 Å². The van der Waals surface area contributed by atoms with E-state index in [1.807, 2.05) is 0 Å². The third-order valence-corrected chi connectivity index (χ3v) is 2.64. The van der Waals surface area contributed by atoms with E-state index in [1.165, 1.54) is 0 Å². The van der Waals surface area contributed by atoms with Gasteiger partial charge in [-0.2, -0.15) is 52.7 Å². The number of carboxylic acid groups (broad SMARTS) is 1. The van der Waals surface area contributed by atoms with Crippen molar-refractivity contribution in [2.75, 3.05) is 0 Å². The van der Waals surface area contributed by atoms with Gasteiger partial charge in [-0.25, -0.2) is 4.79 Å². The van der Waals surface area contributed by atoms with Crippen LogP contribution in [0.2, 0.25) is 0 Å². The molecule has 0 aromatic heterocycles. The predicted octanol–water partition coefficient (Wildman–Crippen LogP) is 2.69. The van der Waals surface area contributed by atoms with E-state index < -0.39 is 46.8 Å². The minimum absolute atomic E-state index is 0. The van der Waals surface area contributed by atoms with E-state index in [0.29, 0.717) is 0 Å². The summed E-state index contributed by atoms with van der Waals surface area (Å²) in [5.74, 6) is -25.2. The first-order valence-corrected chi connectivity index (χ1v) is 4.62. The van der Waals surface area contributed by atoms with Crippen molar-refractivity contribution in [1.82, 2.24) is 4.90 Å². The van der Waals surface area contributed by atoms with E-state index in [9.17, 15) is 57.5 Å². The van der Waals surface area contributed by atoms with Gasteiger partial charge in [0.2, 0.25) is 0 Å². The van der Waals surface area contributed by atoms with E-state index >= 15 is 0 Å². The summed E-state index contributed by atoms with van der Waals surface area (Å²) in [5, 5.41) is 7.72. The Labute approximate surface area is 160 Å². The molecule has 0 atom stereocenters. The van der Waals surface area contributed by atoms with E-state index in [1.54, 1.807) is 0 Å². The SMILES string of the molecule is O=C(O)C(F)(F)C(F)(F)N1C(F)(F)C(F)(F)C(F)(F)C1(F)F.[K]. The number of alkyl halides is 12. The number of hydrogen-bond donors (Lipinski definition) is 1. The molecule has 0 unspecified atom stereocenters. The van der Waals surface area contributed by atoms with Gasteiger partial charge in [-0.1, -0.05) is 0 Å². The van der Waals surface area contributed by atoms with Crippen molar-refractivity contribution in [2.45, 2.75) is 35.9 Å². The van der Waals surface area contributed by atoms with Gasteiger partial charge in [0.25, 0.3) is 0 Å². The van der Waals surface area contributed by atoms with Crippen molar-refractivity contribution in [3.8, 4) is 0 Å². The quantitative estimate of drug-likeness (QED) is 0.452. The molecule has 1 radical (unpaired) electrons. The molecule has 0 spiro atoms. The fourth-order valence-corrected chi connectivity index (χ4v) is 1.46. The molecular weight excluding hydrogens is 397 g/mol. The summed E-state index contributed by atoms with van der Waals surface area (Å²) in [6.07, 6.45) is 0. The van der Waals surface area contributed by atoms with Gasteiger partial charge in [0.05, 0.1) is 0 Å². The first kappa shape index (κ1) is 23.2. The second-order valence-electron chi connectivity index (χ2n) is 3.99. The predicted molar refractivity (Wildman–Crippen MR) is 44.9 cm³/mol. The summed E-state index contributed by atoms with van der Waals surface area (Å²) in [6, 6.07) is -21.7. The Kier molecular flexibility index (Phi) is 5.67. The number of nitrogens with zero attached hydrogens (tertiary/aromatic N) is 1. The Bertz CT molecular complexity index is 480. The minimum Gasteiger partial charge on any atom is -0.477 e. The van der Waals surface area contributed by atoms with E-state index in [4.69, 9.17) is 5.11 Å². The molecule has 0 amide bonds. The van der Waals surface area contributed by atoms with Crippen LogP contribution in [0.4, 0.5) is 52.7 Å². The van der Waals surface area contributed by atoms with Crippen LogP contribution >= 0.6 is 0 Å². The third kappa shape index (κ3) is 2.51. The first-order chi connectivity index (χ1) is 9.31. The molecule has 0 aliphatic carbocycles. The maximum atomic E-state index is 13.0. The Morgan fingerprint density at radius 1 is 0.783 bits per heavy atom. The Morgan fingerprint density at radius 2 is 1.04 bits per heavy atom. The van der Waals surface area contributed by atoms with Crippen molar-refractivity contribution in [3.63, 3.8) is 0 Å². The van der Waals surface area contributed by atoms with Gasteiger partial charge in [0.1, 0.15) is 0 Å². The van der Waals surface area contributed by atoms with Crippen LogP contribution in [-0.2, 0) is 4.79 Å². The molecule has 0 saturated carbocycles. The fraction of sp³-hybridized carbons (Fsp3) is 0.857. The third-order valence-electron chi connectivity index (χ3n) is 2.64. The van der Waals surface area contributed by atoms with Gasteiger partial charge >= 0.3 is 41.9 Å². The van der Waals surface area contributed by atoms with Crippen LogP contribution in [0.3, 0.4) is 0 Å². The van der Waals surface area contributed by atoms with Crippen molar-refractivity contribution in [3.05, 3.63) is 0 Å². The number of carboxylic acids is 1. The maximum absolute atomic E-state index is 13.0. The van der Waals surface area contributed by atoms with Gasteiger partial charge in [-0.05, 0) is 0 Å². The molecule has 1 fully saturated rings. The zero-order chi connectivity index (χ0) is 18.2. The van der Waals surface area contributed by atoms with Crippen LogP contribution < -0.4 is 0 Å². The number of likely N-dealkylation sites (tertiary alicyclic amines) is 1. The molecule has 0 aromatic carbocycles. The Hall–Kier alpha value is 0.226. The van der Waals surface area contributed by atoms with Crippen LogP contribution in [-0.4, -0.2) is 103 Å². The molecule has 1 rings (SSSR count). The van der Waals surface area contributed by atoms with Crippen molar-refractivity contribution in [1.29, 1.82) is 0 Å². The molecule has 0 bridgehead atoms. The summed E-state index contributed by atoms with van der Waals surface area (Å²) in [6.45, 7) is 0. The number of rotatable bonds is 3. The van der Waals surface area contributed by atoms with Gasteiger partial charge in [0.15, 0.2) is 0 Å². The molecule has 3 nitrogen and oxygen atoms in total. The summed E-state index contributed by atoms with van der Waals surface area (Å²) in [5.41, 5.74) is 0. The Balaban J connectivity index is 0.00000484. The summed E-state index contributed by atoms with van der Waals surface area (Å²) >= 11 is 0. The average Bonchev–Trinajstić information content (AvgIpc) is 2.32. The normalized spacial score (nSPS) is 25.7. The van der Waals surface area contributed by atoms with Gasteiger partial charge in [0, 0.05) is 51.4 Å². The average molecular weight is 398 g/mol. The molecule has 1 heterocycles. The van der Waals surface area contributed by atoms with E-state index in [2.05, 4.69) is 0 Å². The second-order valence-corrected chi connectivity index (χ2v) is 3.99. The number of aliphatic carboxylic acids is 1. The molecule has 23 heavy (non-hydrogen) atoms. The second kappa shape index (κ2) is 5.62. The van der Waals surface area contributed by atoms with Gasteiger partial charge < -0.3 is 5.11 Å². The monoisotopic (exact) mass is 398 g/mol. The van der Waals surface area contributed by atoms with E-state index in [0.717, 1.165) is 0 Å². The Morgan fingerprint density at radius 3 is 1.26 bits per heavy atom. The van der Waals surface area contributed by atoms with E-state index in [-0.39, 0.29) is 51.4 Å². The van der Waals surface area contributed by atoms with Crippen LogP contribution in [0.15, 0.2) is 0 Å². The number of halogens is 12. The largest absolute Gasteiger partial charge is 0.477 e. The first-order valence-electron chi connectivity index (χ1n) is 4.62. The molecule has 1 N–H and O–H groups in total. The minimum atomic E-state index is -7.28. The summed E-state index contributed by atoms with van der Waals surface area (Å²) < 4.78 is 153.